The van der Waals surface area contributed by atoms with Crippen LogP contribution in [0.2, 0.25) is 0 Å². The summed E-state index contributed by atoms with van der Waals surface area (Å²) >= 11 is 0. The Balaban J connectivity index is 1.59. The minimum atomic E-state index is -0.158. The minimum Gasteiger partial charge on any atom is -0.378 e. The fourth-order valence-corrected chi connectivity index (χ4v) is 3.47. The van der Waals surface area contributed by atoms with Crippen molar-refractivity contribution in [2.75, 3.05) is 39.6 Å². The van der Waals surface area contributed by atoms with E-state index in [1.54, 1.807) is 0 Å². The number of fused-ring (bicyclic) bond motifs is 1. The molecule has 1 atom stereocenters. The van der Waals surface area contributed by atoms with Gasteiger partial charge in [-0.25, -0.2) is 4.79 Å². The summed E-state index contributed by atoms with van der Waals surface area (Å²) in [5.74, 6) is 0. The molecule has 29 heavy (non-hydrogen) atoms. The summed E-state index contributed by atoms with van der Waals surface area (Å²) in [7, 11) is 8.11. The van der Waals surface area contributed by atoms with Crippen molar-refractivity contribution in [1.82, 2.24) is 15.5 Å². The highest BCUT2D eigenvalue weighted by atomic mass is 16.2. The van der Waals surface area contributed by atoms with Gasteiger partial charge in [0.15, 0.2) is 0 Å². The monoisotopic (exact) mass is 390 g/mol. The van der Waals surface area contributed by atoms with Crippen molar-refractivity contribution >= 4 is 22.5 Å². The Labute approximate surface area is 173 Å². The molecule has 0 saturated heterocycles. The molecule has 3 aromatic carbocycles. The first-order chi connectivity index (χ1) is 14.0. The Morgan fingerprint density at radius 1 is 0.862 bits per heavy atom. The van der Waals surface area contributed by atoms with E-state index in [0.717, 1.165) is 11.3 Å². The molecular formula is C24H30N4O. The predicted octanol–water partition coefficient (Wildman–Crippen LogP) is 4.01. The molecule has 0 fully saturated rings. The van der Waals surface area contributed by atoms with Crippen LogP contribution in [0.3, 0.4) is 0 Å². The molecule has 0 saturated carbocycles. The number of carbonyl (C=O) groups excluding carboxylic acids is 1. The first-order valence-electron chi connectivity index (χ1n) is 9.88. The van der Waals surface area contributed by atoms with Crippen molar-refractivity contribution < 1.29 is 4.79 Å². The highest BCUT2D eigenvalue weighted by Crippen LogP contribution is 2.21. The van der Waals surface area contributed by atoms with Crippen LogP contribution in [0.25, 0.3) is 10.8 Å². The normalized spacial score (nSPS) is 12.0. The maximum atomic E-state index is 12.4. The van der Waals surface area contributed by atoms with Crippen LogP contribution in [-0.2, 0) is 6.54 Å². The zero-order chi connectivity index (χ0) is 20.8. The second-order valence-electron chi connectivity index (χ2n) is 7.67. The molecule has 2 amide bonds. The van der Waals surface area contributed by atoms with E-state index < -0.39 is 0 Å². The van der Waals surface area contributed by atoms with Gasteiger partial charge in [0.2, 0.25) is 0 Å². The van der Waals surface area contributed by atoms with E-state index in [9.17, 15) is 4.79 Å². The molecule has 0 aromatic heterocycles. The Hall–Kier alpha value is -3.05. The highest BCUT2D eigenvalue weighted by Gasteiger charge is 2.15. The Kier molecular flexibility index (Phi) is 6.73. The number of amides is 2. The molecule has 3 rings (SSSR count). The van der Waals surface area contributed by atoms with Crippen LogP contribution < -0.4 is 15.5 Å². The lowest BCUT2D eigenvalue weighted by molar-refractivity contribution is 0.232. The Morgan fingerprint density at radius 3 is 2.24 bits per heavy atom. The van der Waals surface area contributed by atoms with Gasteiger partial charge in [-0.15, -0.1) is 0 Å². The van der Waals surface area contributed by atoms with Crippen molar-refractivity contribution in [3.8, 4) is 0 Å². The van der Waals surface area contributed by atoms with E-state index in [1.165, 1.54) is 16.3 Å². The van der Waals surface area contributed by atoms with E-state index in [0.29, 0.717) is 13.1 Å². The number of likely N-dealkylation sites (N-methyl/N-ethyl adjacent to an activating group) is 1. The van der Waals surface area contributed by atoms with Gasteiger partial charge in [-0.05, 0) is 48.1 Å². The molecule has 0 aliphatic rings. The van der Waals surface area contributed by atoms with E-state index in [-0.39, 0.29) is 12.1 Å². The van der Waals surface area contributed by atoms with Crippen LogP contribution in [0, 0.1) is 0 Å². The van der Waals surface area contributed by atoms with Crippen LogP contribution in [0.15, 0.2) is 66.7 Å². The highest BCUT2D eigenvalue weighted by molar-refractivity contribution is 5.86. The lowest BCUT2D eigenvalue weighted by Crippen LogP contribution is -2.40. The van der Waals surface area contributed by atoms with E-state index in [2.05, 4.69) is 69.0 Å². The number of carbonyl (C=O) groups is 1. The van der Waals surface area contributed by atoms with Crippen molar-refractivity contribution in [2.45, 2.75) is 12.6 Å². The zero-order valence-electron chi connectivity index (χ0n) is 17.6. The summed E-state index contributed by atoms with van der Waals surface area (Å²) in [4.78, 5) is 16.6. The van der Waals surface area contributed by atoms with Gasteiger partial charge in [0.05, 0.1) is 6.04 Å². The smallest absolute Gasteiger partial charge is 0.315 e. The fraction of sp³-hybridized carbons (Fsp3) is 0.292. The molecule has 152 valence electrons. The number of rotatable bonds is 7. The van der Waals surface area contributed by atoms with Crippen LogP contribution in [-0.4, -0.2) is 45.7 Å². The number of hydrogen-bond acceptors (Lipinski definition) is 3. The van der Waals surface area contributed by atoms with Crippen molar-refractivity contribution in [3.63, 3.8) is 0 Å². The topological polar surface area (TPSA) is 47.6 Å². The second-order valence-corrected chi connectivity index (χ2v) is 7.67. The third-order valence-corrected chi connectivity index (χ3v) is 5.19. The number of nitrogens with one attached hydrogen (secondary N) is 2. The number of benzene rings is 3. The van der Waals surface area contributed by atoms with Crippen molar-refractivity contribution in [3.05, 3.63) is 77.9 Å². The van der Waals surface area contributed by atoms with Gasteiger partial charge in [-0.1, -0.05) is 54.6 Å². The molecule has 5 heteroatoms. The summed E-state index contributed by atoms with van der Waals surface area (Å²) in [5, 5.41) is 8.35. The number of hydrogen-bond donors (Lipinski definition) is 2. The molecule has 0 radical (unpaired) electrons. The van der Waals surface area contributed by atoms with Gasteiger partial charge in [0, 0.05) is 32.9 Å². The summed E-state index contributed by atoms with van der Waals surface area (Å²) in [6.07, 6.45) is 0. The molecule has 5 nitrogen and oxygen atoms in total. The summed E-state index contributed by atoms with van der Waals surface area (Å²) < 4.78 is 0. The molecule has 1 unspecified atom stereocenters. The van der Waals surface area contributed by atoms with Gasteiger partial charge < -0.3 is 20.4 Å². The van der Waals surface area contributed by atoms with Crippen LogP contribution in [0.4, 0.5) is 10.5 Å². The third-order valence-electron chi connectivity index (χ3n) is 5.19. The van der Waals surface area contributed by atoms with Crippen molar-refractivity contribution in [1.29, 1.82) is 0 Å². The average molecular weight is 391 g/mol. The van der Waals surface area contributed by atoms with E-state index in [4.69, 9.17) is 0 Å². The summed E-state index contributed by atoms with van der Waals surface area (Å²) in [5.41, 5.74) is 3.45. The van der Waals surface area contributed by atoms with Crippen molar-refractivity contribution in [2.24, 2.45) is 0 Å². The lowest BCUT2D eigenvalue weighted by atomic mass is 10.0. The first-order valence-corrected chi connectivity index (χ1v) is 9.88. The Bertz CT molecular complexity index is 945. The average Bonchev–Trinajstić information content (AvgIpc) is 2.72. The molecule has 2 N–H and O–H groups in total. The zero-order valence-corrected chi connectivity index (χ0v) is 17.6. The largest absolute Gasteiger partial charge is 0.378 e. The summed E-state index contributed by atoms with van der Waals surface area (Å²) in [6, 6.07) is 22.8. The fourth-order valence-electron chi connectivity index (χ4n) is 3.47. The molecule has 0 bridgehead atoms. The predicted molar refractivity (Wildman–Crippen MR) is 121 cm³/mol. The van der Waals surface area contributed by atoms with Crippen LogP contribution in [0.5, 0.6) is 0 Å². The van der Waals surface area contributed by atoms with Crippen LogP contribution in [0.1, 0.15) is 17.2 Å². The maximum Gasteiger partial charge on any atom is 0.315 e. The number of anilines is 1. The molecule has 0 aliphatic heterocycles. The molecule has 3 aromatic rings. The van der Waals surface area contributed by atoms with Gasteiger partial charge in [-0.2, -0.15) is 0 Å². The molecule has 0 spiro atoms. The van der Waals surface area contributed by atoms with E-state index >= 15 is 0 Å². The molecule has 0 heterocycles. The Morgan fingerprint density at radius 2 is 1.55 bits per heavy atom. The maximum absolute atomic E-state index is 12.4. The number of urea groups is 1. The minimum absolute atomic E-state index is 0.106. The van der Waals surface area contributed by atoms with Gasteiger partial charge >= 0.3 is 6.03 Å². The molecule has 0 aliphatic carbocycles. The quantitative estimate of drug-likeness (QED) is 0.641. The second kappa shape index (κ2) is 9.43. The van der Waals surface area contributed by atoms with Gasteiger partial charge in [0.25, 0.3) is 0 Å². The van der Waals surface area contributed by atoms with E-state index in [1.807, 2.05) is 46.4 Å². The lowest BCUT2D eigenvalue weighted by Gasteiger charge is -2.26. The SMILES string of the molecule is CN(C)c1ccc(C(CNC(=O)NCc2cccc3ccccc23)N(C)C)cc1. The molecular weight excluding hydrogens is 360 g/mol. The van der Waals surface area contributed by atoms with Gasteiger partial charge in [0.1, 0.15) is 0 Å². The number of nitrogens with zero attached hydrogens (tertiary/aromatic N) is 2. The third kappa shape index (κ3) is 5.27. The standard InChI is InChI=1S/C24H30N4O/c1-27(2)21-14-12-19(13-15-21)23(28(3)4)17-26-24(29)25-16-20-10-7-9-18-8-5-6-11-22(18)20/h5-15,23H,16-17H2,1-4H3,(H2,25,26,29). The van der Waals surface area contributed by atoms with Gasteiger partial charge in [-0.3, -0.25) is 0 Å². The first kappa shape index (κ1) is 20.7. The summed E-state index contributed by atoms with van der Waals surface area (Å²) in [6.45, 7) is 1.03. The van der Waals surface area contributed by atoms with Crippen LogP contribution >= 0.6 is 0 Å².